The Morgan fingerprint density at radius 2 is 0.672 bits per heavy atom. The molecule has 9 amide bonds. The number of aliphatic hydroxyl groups is 10. The summed E-state index contributed by atoms with van der Waals surface area (Å²) in [7, 11) is -14.8. The number of carbonyl (C=O) groups excluding carboxylic acids is 9. The summed E-state index contributed by atoms with van der Waals surface area (Å²) >= 11 is 0. The van der Waals surface area contributed by atoms with Gasteiger partial charge in [0.2, 0.25) is 53.2 Å². The molecule has 0 saturated carbocycles. The maximum Gasteiger partial charge on any atom is 0.268 e. The normalized spacial score (nSPS) is 30.1. The van der Waals surface area contributed by atoms with Crippen molar-refractivity contribution in [2.45, 2.75) is 303 Å². The Kier molecular flexibility index (Phi) is 46.5. The van der Waals surface area contributed by atoms with Crippen LogP contribution in [0.1, 0.15) is 175 Å². The second-order valence-electron chi connectivity index (χ2n) is 31.1. The van der Waals surface area contributed by atoms with Gasteiger partial charge in [0, 0.05) is 125 Å². The van der Waals surface area contributed by atoms with E-state index in [1.165, 1.54) is 35.5 Å². The SMILES string of the molecule is COP(=O)([O-])OC[C@@H]1C[C@@H](OP(=O)([O-])OC[C@@H]2C[C@@H](OP(=O)([O-])OC[C@@H]3C[C@@H](O)CN3C(=O)CCCCCNC(=O)CCCCOC3OC(CO)C(O)C(O)C3NC(C)=O)CN2C(=O)CCCCCNC(=O)CCCCOC2OC(CO)C(O)C(O)C2NC(C)=O)CN1C(=O)CCCCCNC(=O)CCCCOC1OC(CO)C(O)C(O)C1NC(C)=O. The number of β-amino-alcohol motifs (C(OH)–C–C–N with tert-alkyl or cyclic N) is 1. The second kappa shape index (κ2) is 53.7. The average molecular weight is 1820 g/mol. The minimum absolute atomic E-state index is 0.00461. The topological polar surface area (TPSA) is 669 Å². The molecule has 6 fully saturated rings. The predicted molar refractivity (Wildman–Crippen MR) is 414 cm³/mol. The van der Waals surface area contributed by atoms with Crippen LogP contribution in [-0.2, 0) is 112 Å². The number of aliphatic hydroxyl groups excluding tert-OH is 10. The lowest BCUT2D eigenvalue weighted by Gasteiger charge is -2.42. The van der Waals surface area contributed by atoms with Crippen LogP contribution < -0.4 is 46.6 Å². The molecule has 0 aliphatic carbocycles. The number of hydrogen-bond donors (Lipinski definition) is 16. The van der Waals surface area contributed by atoms with E-state index in [0.717, 1.165) is 7.11 Å². The number of likely N-dealkylation sites (tertiary alicyclic amines) is 3. The van der Waals surface area contributed by atoms with E-state index in [-0.39, 0.29) is 134 Å². The van der Waals surface area contributed by atoms with Gasteiger partial charge in [0.1, 0.15) is 73.1 Å². The fourth-order valence-electron chi connectivity index (χ4n) is 14.9. The second-order valence-corrected chi connectivity index (χ2v) is 35.3. The van der Waals surface area contributed by atoms with Crippen LogP contribution in [0.15, 0.2) is 0 Å². The summed E-state index contributed by atoms with van der Waals surface area (Å²) in [6, 6.07) is -6.52. The number of nitrogens with zero attached hydrogens (tertiary/aromatic N) is 3. The zero-order valence-electron chi connectivity index (χ0n) is 69.4. The molecule has 6 aliphatic rings. The van der Waals surface area contributed by atoms with Gasteiger partial charge in [0.05, 0.1) is 76.1 Å². The van der Waals surface area contributed by atoms with Crippen molar-refractivity contribution in [1.29, 1.82) is 0 Å². The largest absolute Gasteiger partial charge is 0.756 e. The van der Waals surface area contributed by atoms with Gasteiger partial charge in [-0.05, 0) is 96.3 Å². The van der Waals surface area contributed by atoms with Crippen molar-refractivity contribution in [2.75, 3.05) is 106 Å². The maximum atomic E-state index is 14.1. The molecule has 46 nitrogen and oxygen atoms in total. The molecule has 6 heterocycles. The molecule has 6 rings (SSSR count). The van der Waals surface area contributed by atoms with Crippen molar-refractivity contribution in [3.05, 3.63) is 0 Å². The first-order chi connectivity index (χ1) is 57.9. The average Bonchev–Trinajstić information content (AvgIpc) is 1.79. The Labute approximate surface area is 707 Å². The van der Waals surface area contributed by atoms with E-state index in [2.05, 4.69) is 36.4 Å². The molecular weight excluding hydrogens is 1690 g/mol. The fourth-order valence-corrected chi connectivity index (χ4v) is 17.2. The van der Waals surface area contributed by atoms with Crippen LogP contribution in [0.25, 0.3) is 0 Å². The Bertz CT molecular complexity index is 3410. The van der Waals surface area contributed by atoms with Gasteiger partial charge in [-0.15, -0.1) is 0 Å². The summed E-state index contributed by atoms with van der Waals surface area (Å²) in [5, 5.41) is 117. The lowest BCUT2D eigenvalue weighted by molar-refractivity contribution is -0.270. The third kappa shape index (κ3) is 36.2. The van der Waals surface area contributed by atoms with Crippen LogP contribution in [0.4, 0.5) is 0 Å². The van der Waals surface area contributed by atoms with Gasteiger partial charge >= 0.3 is 0 Å². The van der Waals surface area contributed by atoms with Crippen LogP contribution in [0, 0.1) is 0 Å². The fraction of sp³-hybridized carbons (Fsp3) is 0.877. The predicted octanol–water partition coefficient (Wildman–Crippen LogP) is -5.56. The quantitative estimate of drug-likeness (QED) is 0.0199. The van der Waals surface area contributed by atoms with Gasteiger partial charge in [-0.3, -0.25) is 56.8 Å². The molecule has 0 radical (unpaired) electrons. The highest BCUT2D eigenvalue weighted by Crippen LogP contribution is 2.47. The summed E-state index contributed by atoms with van der Waals surface area (Å²) in [5.74, 6) is -3.88. The van der Waals surface area contributed by atoms with E-state index in [0.29, 0.717) is 90.0 Å². The van der Waals surface area contributed by atoms with Crippen LogP contribution in [0.2, 0.25) is 0 Å². The molecule has 49 heteroatoms. The van der Waals surface area contributed by atoms with Gasteiger partial charge in [-0.2, -0.15) is 0 Å². The van der Waals surface area contributed by atoms with Gasteiger partial charge < -0.3 is 168 Å². The molecule has 6 saturated heterocycles. The first kappa shape index (κ1) is 106. The van der Waals surface area contributed by atoms with Crippen molar-refractivity contribution in [3.8, 4) is 0 Å². The Morgan fingerprint density at radius 3 is 0.967 bits per heavy atom. The van der Waals surface area contributed by atoms with Crippen LogP contribution in [0.3, 0.4) is 0 Å². The smallest absolute Gasteiger partial charge is 0.268 e. The summed E-state index contributed by atoms with van der Waals surface area (Å²) < 4.78 is 105. The highest BCUT2D eigenvalue weighted by Gasteiger charge is 2.49. The molecule has 0 spiro atoms. The summed E-state index contributed by atoms with van der Waals surface area (Å²) in [6.45, 7) is -0.354. The van der Waals surface area contributed by atoms with E-state index in [1.54, 1.807) is 0 Å². The lowest BCUT2D eigenvalue weighted by atomic mass is 9.97. The molecule has 0 aromatic rings. The number of ether oxygens (including phenoxy) is 6. The summed E-state index contributed by atoms with van der Waals surface area (Å²) in [5.41, 5.74) is 0. The van der Waals surface area contributed by atoms with Crippen molar-refractivity contribution in [3.63, 3.8) is 0 Å². The Balaban J connectivity index is 0.964. The summed E-state index contributed by atoms with van der Waals surface area (Å²) in [6.07, 6.45) is -14.4. The van der Waals surface area contributed by atoms with E-state index in [1.807, 2.05) is 0 Å². The van der Waals surface area contributed by atoms with Gasteiger partial charge in [0.15, 0.2) is 18.9 Å². The first-order valence-electron chi connectivity index (χ1n) is 41.6. The number of nitrogens with one attached hydrogen (secondary N) is 6. The van der Waals surface area contributed by atoms with Gasteiger partial charge in [0.25, 0.3) is 23.5 Å². The Hall–Kier alpha value is -5.08. The molecular formula is C73H127N9O37P3-3. The van der Waals surface area contributed by atoms with Gasteiger partial charge in [-0.1, -0.05) is 19.3 Å². The van der Waals surface area contributed by atoms with E-state index in [4.69, 9.17) is 51.0 Å². The monoisotopic (exact) mass is 1810 g/mol. The third-order valence-electron chi connectivity index (χ3n) is 21.3. The van der Waals surface area contributed by atoms with Crippen LogP contribution in [0.5, 0.6) is 0 Å². The number of hydrogen-bond acceptors (Lipinski definition) is 37. The van der Waals surface area contributed by atoms with Crippen molar-refractivity contribution in [1.82, 2.24) is 46.6 Å². The lowest BCUT2D eigenvalue weighted by Crippen LogP contribution is -2.64. The zero-order valence-corrected chi connectivity index (χ0v) is 72.1. The number of phosphoric ester groups is 3. The van der Waals surface area contributed by atoms with Crippen LogP contribution in [-0.4, -0.2) is 353 Å². The molecule has 0 aromatic carbocycles. The first-order valence-corrected chi connectivity index (χ1v) is 46.0. The molecule has 122 heavy (non-hydrogen) atoms. The Morgan fingerprint density at radius 1 is 0.385 bits per heavy atom. The van der Waals surface area contributed by atoms with E-state index in [9.17, 15) is 123 Å². The molecule has 16 N–H and O–H groups in total. The van der Waals surface area contributed by atoms with Crippen molar-refractivity contribution < 1.29 is 178 Å². The molecule has 24 atom stereocenters. The molecule has 0 bridgehead atoms. The summed E-state index contributed by atoms with van der Waals surface area (Å²) in [4.78, 5) is 158. The van der Waals surface area contributed by atoms with Crippen LogP contribution >= 0.6 is 23.5 Å². The number of carbonyl (C=O) groups is 9. The number of rotatable bonds is 56. The number of unbranched alkanes of at least 4 members (excludes halogenated alkanes) is 9. The van der Waals surface area contributed by atoms with E-state index >= 15 is 0 Å². The molecule has 6 aliphatic heterocycles. The van der Waals surface area contributed by atoms with E-state index < -0.39 is 233 Å². The molecule has 704 valence electrons. The maximum absolute atomic E-state index is 14.1. The van der Waals surface area contributed by atoms with Crippen molar-refractivity contribution >= 4 is 76.6 Å². The third-order valence-corrected chi connectivity index (χ3v) is 24.3. The molecule has 18 unspecified atom stereocenters. The minimum atomic E-state index is -5.42. The number of amides is 9. The number of phosphoric acid groups is 3. The highest BCUT2D eigenvalue weighted by atomic mass is 31.2. The minimum Gasteiger partial charge on any atom is -0.756 e. The van der Waals surface area contributed by atoms with Crippen molar-refractivity contribution in [2.24, 2.45) is 0 Å². The molecule has 0 aromatic heterocycles. The highest BCUT2D eigenvalue weighted by molar-refractivity contribution is 7.46. The zero-order chi connectivity index (χ0) is 89.9. The standard InChI is InChI=1S/C73H130N9O37P3/c1-44(86)77-62-68(99)65(96)53(38-83)115-71(62)109-29-17-11-20-56(90)74-26-14-5-8-23-59(93)80-35-50(89)32-47(80)41-113-121(104,105)118-52-34-49(82(37-52)61(95)25-10-7-16-28-76-58(92)22-13-19-31-111-73-64(79-46(3)88)70(101)67(98)55(40-85)117-73)43-114-122(106,107)119-51-33-48(42-112-120(102,103)108-4)81(36-51)60(94)24-9-6-15-27-75-57(91)21-12-18-30-110-72-63(78-45(2)87)69(100)66(97)54(39-84)116-72/h47-55,62-73,83-85,89,96-101H,5-43H2,1-4H3,(H,74,90)(H,75,91)(H,76,92)(H,77,86)(H,78,87)(H,79,88)(H,102,103)(H,104,105)(H,106,107)/p-3/t47-,48-,49-,50+,51+,52+,53?,54?,55?,62?,63?,64?,65?,66?,67?,68?,69?,70?,71?,72?,73?/m0/s1. The van der Waals surface area contributed by atoms with Gasteiger partial charge in [-0.25, -0.2) is 0 Å².